The first kappa shape index (κ1) is 17.2. The number of fused-ring (bicyclic) bond motifs is 1. The third kappa shape index (κ3) is 3.71. The van der Waals surface area contributed by atoms with Crippen LogP contribution in [-0.4, -0.2) is 10.9 Å². The SMILES string of the molecule is CC1(C)CCCC(C(=O)Nc2nc3ccc(C(F)(F)F)cc3s2)C1. The lowest BCUT2D eigenvalue weighted by atomic mass is 9.72. The molecule has 7 heteroatoms. The Hall–Kier alpha value is -1.63. The second-order valence-corrected chi connectivity index (χ2v) is 8.18. The van der Waals surface area contributed by atoms with E-state index in [0.29, 0.717) is 15.3 Å². The number of rotatable bonds is 2. The van der Waals surface area contributed by atoms with E-state index in [9.17, 15) is 18.0 Å². The lowest BCUT2D eigenvalue weighted by Gasteiger charge is -2.34. The van der Waals surface area contributed by atoms with Gasteiger partial charge in [-0.25, -0.2) is 4.98 Å². The lowest BCUT2D eigenvalue weighted by Crippen LogP contribution is -2.31. The molecule has 0 aliphatic heterocycles. The summed E-state index contributed by atoms with van der Waals surface area (Å²) in [5, 5.41) is 3.14. The summed E-state index contributed by atoms with van der Waals surface area (Å²) in [7, 11) is 0. The summed E-state index contributed by atoms with van der Waals surface area (Å²) in [5.41, 5.74) is -0.0898. The van der Waals surface area contributed by atoms with E-state index in [-0.39, 0.29) is 17.2 Å². The molecule has 130 valence electrons. The van der Waals surface area contributed by atoms with E-state index in [1.54, 1.807) is 0 Å². The first-order valence-electron chi connectivity index (χ1n) is 7.93. The molecule has 1 aromatic carbocycles. The van der Waals surface area contributed by atoms with Gasteiger partial charge >= 0.3 is 6.18 Å². The largest absolute Gasteiger partial charge is 0.416 e. The van der Waals surface area contributed by atoms with Crippen molar-refractivity contribution < 1.29 is 18.0 Å². The highest BCUT2D eigenvalue weighted by Crippen LogP contribution is 2.39. The van der Waals surface area contributed by atoms with Crippen LogP contribution in [0.25, 0.3) is 10.2 Å². The molecule has 1 heterocycles. The number of alkyl halides is 3. The predicted octanol–water partition coefficient (Wildman–Crippen LogP) is 5.47. The highest BCUT2D eigenvalue weighted by Gasteiger charge is 2.33. The van der Waals surface area contributed by atoms with Gasteiger partial charge in [-0.05, 0) is 42.9 Å². The van der Waals surface area contributed by atoms with Crippen LogP contribution >= 0.6 is 11.3 Å². The zero-order chi connectivity index (χ0) is 17.5. The molecule has 0 radical (unpaired) electrons. The van der Waals surface area contributed by atoms with Gasteiger partial charge in [-0.15, -0.1) is 0 Å². The maximum absolute atomic E-state index is 12.8. The van der Waals surface area contributed by atoms with Crippen molar-refractivity contribution in [2.75, 3.05) is 5.32 Å². The van der Waals surface area contributed by atoms with Crippen LogP contribution < -0.4 is 5.32 Å². The van der Waals surface area contributed by atoms with Crippen molar-refractivity contribution >= 4 is 32.6 Å². The topological polar surface area (TPSA) is 42.0 Å². The molecule has 1 aliphatic carbocycles. The lowest BCUT2D eigenvalue weighted by molar-refractivity contribution is -0.137. The second-order valence-electron chi connectivity index (χ2n) is 7.15. The Morgan fingerprint density at radius 2 is 2.12 bits per heavy atom. The third-order valence-corrected chi connectivity index (χ3v) is 5.46. The minimum atomic E-state index is -4.38. The first-order chi connectivity index (χ1) is 11.1. The van der Waals surface area contributed by atoms with Crippen molar-refractivity contribution in [2.45, 2.75) is 45.7 Å². The number of nitrogens with zero attached hydrogens (tertiary/aromatic N) is 1. The maximum atomic E-state index is 12.8. The molecule has 1 unspecified atom stereocenters. The zero-order valence-corrected chi connectivity index (χ0v) is 14.4. The van der Waals surface area contributed by atoms with E-state index in [1.807, 2.05) is 0 Å². The molecule has 3 nitrogen and oxygen atoms in total. The highest BCUT2D eigenvalue weighted by atomic mass is 32.1. The normalized spacial score (nSPS) is 21.0. The molecule has 1 atom stereocenters. The van der Waals surface area contributed by atoms with Gasteiger partial charge in [0.25, 0.3) is 0 Å². The van der Waals surface area contributed by atoms with E-state index < -0.39 is 11.7 Å². The van der Waals surface area contributed by atoms with Gasteiger partial charge in [0, 0.05) is 5.92 Å². The van der Waals surface area contributed by atoms with Crippen LogP contribution in [0.4, 0.5) is 18.3 Å². The number of carbonyl (C=O) groups is 1. The van der Waals surface area contributed by atoms with E-state index in [4.69, 9.17) is 0 Å². The summed E-state index contributed by atoms with van der Waals surface area (Å²) in [6, 6.07) is 3.43. The number of aromatic nitrogens is 1. The summed E-state index contributed by atoms with van der Waals surface area (Å²) in [6.45, 7) is 4.31. The monoisotopic (exact) mass is 356 g/mol. The Morgan fingerprint density at radius 1 is 1.38 bits per heavy atom. The van der Waals surface area contributed by atoms with Crippen molar-refractivity contribution in [2.24, 2.45) is 11.3 Å². The van der Waals surface area contributed by atoms with Crippen LogP contribution in [0.5, 0.6) is 0 Å². The maximum Gasteiger partial charge on any atom is 0.416 e. The van der Waals surface area contributed by atoms with Crippen molar-refractivity contribution in [1.82, 2.24) is 4.98 Å². The molecule has 1 fully saturated rings. The van der Waals surface area contributed by atoms with Crippen molar-refractivity contribution in [3.05, 3.63) is 23.8 Å². The zero-order valence-electron chi connectivity index (χ0n) is 13.5. The molecule has 1 saturated carbocycles. The minimum absolute atomic E-state index is 0.0634. The molecular weight excluding hydrogens is 337 g/mol. The molecule has 1 aliphatic rings. The summed E-state index contributed by atoms with van der Waals surface area (Å²) >= 11 is 1.08. The number of halogens is 3. The van der Waals surface area contributed by atoms with Crippen LogP contribution in [0.2, 0.25) is 0 Å². The molecule has 3 rings (SSSR count). The fourth-order valence-electron chi connectivity index (χ4n) is 3.28. The van der Waals surface area contributed by atoms with Gasteiger partial charge in [0.1, 0.15) is 0 Å². The number of hydrogen-bond acceptors (Lipinski definition) is 3. The number of nitrogens with one attached hydrogen (secondary N) is 1. The molecule has 2 aromatic rings. The molecule has 24 heavy (non-hydrogen) atoms. The highest BCUT2D eigenvalue weighted by molar-refractivity contribution is 7.22. The minimum Gasteiger partial charge on any atom is -0.302 e. The van der Waals surface area contributed by atoms with E-state index in [2.05, 4.69) is 24.1 Å². The molecule has 0 spiro atoms. The van der Waals surface area contributed by atoms with Crippen molar-refractivity contribution in [3.8, 4) is 0 Å². The van der Waals surface area contributed by atoms with Gasteiger partial charge in [-0.1, -0.05) is 31.6 Å². The van der Waals surface area contributed by atoms with Gasteiger partial charge in [0.05, 0.1) is 15.8 Å². The van der Waals surface area contributed by atoms with Gasteiger partial charge in [0.2, 0.25) is 5.91 Å². The Bertz CT molecular complexity index is 767. The molecule has 1 aromatic heterocycles. The molecule has 1 amide bonds. The number of carbonyl (C=O) groups excluding carboxylic acids is 1. The summed E-state index contributed by atoms with van der Waals surface area (Å²) in [4.78, 5) is 16.7. The molecular formula is C17H19F3N2OS. The Morgan fingerprint density at radius 3 is 2.79 bits per heavy atom. The second kappa shape index (κ2) is 6.02. The average Bonchev–Trinajstić information content (AvgIpc) is 2.86. The number of benzene rings is 1. The predicted molar refractivity (Wildman–Crippen MR) is 89.0 cm³/mol. The van der Waals surface area contributed by atoms with Gasteiger partial charge < -0.3 is 5.32 Å². The van der Waals surface area contributed by atoms with Crippen LogP contribution in [0.15, 0.2) is 18.2 Å². The number of thiazole rings is 1. The van der Waals surface area contributed by atoms with Gasteiger partial charge in [-0.2, -0.15) is 13.2 Å². The quantitative estimate of drug-likeness (QED) is 0.775. The number of amides is 1. The Labute approximate surface area is 142 Å². The molecule has 0 bridgehead atoms. The molecule has 0 saturated heterocycles. The van der Waals surface area contributed by atoms with Crippen LogP contribution in [-0.2, 0) is 11.0 Å². The molecule has 1 N–H and O–H groups in total. The Balaban J connectivity index is 1.76. The fourth-order valence-corrected chi connectivity index (χ4v) is 4.19. The summed E-state index contributed by atoms with van der Waals surface area (Å²) in [5.74, 6) is -0.149. The summed E-state index contributed by atoms with van der Waals surface area (Å²) < 4.78 is 38.7. The number of anilines is 1. The smallest absolute Gasteiger partial charge is 0.302 e. The fraction of sp³-hybridized carbons (Fsp3) is 0.529. The standard InChI is InChI=1S/C17H19F3N2OS/c1-16(2)7-3-4-10(9-16)14(23)22-15-21-12-6-5-11(17(18,19)20)8-13(12)24-15/h5-6,8,10H,3-4,7,9H2,1-2H3,(H,21,22,23). The average molecular weight is 356 g/mol. The first-order valence-corrected chi connectivity index (χ1v) is 8.74. The third-order valence-electron chi connectivity index (χ3n) is 4.52. The van der Waals surface area contributed by atoms with E-state index >= 15 is 0 Å². The van der Waals surface area contributed by atoms with Crippen LogP contribution in [0.3, 0.4) is 0 Å². The van der Waals surface area contributed by atoms with Crippen molar-refractivity contribution in [1.29, 1.82) is 0 Å². The van der Waals surface area contributed by atoms with Gasteiger partial charge in [0.15, 0.2) is 5.13 Å². The number of hydrogen-bond donors (Lipinski definition) is 1. The van der Waals surface area contributed by atoms with Gasteiger partial charge in [-0.3, -0.25) is 4.79 Å². The van der Waals surface area contributed by atoms with Crippen LogP contribution in [0, 0.1) is 11.3 Å². The Kier molecular flexibility index (Phi) is 4.32. The van der Waals surface area contributed by atoms with Crippen molar-refractivity contribution in [3.63, 3.8) is 0 Å². The van der Waals surface area contributed by atoms with E-state index in [0.717, 1.165) is 49.2 Å². The van der Waals surface area contributed by atoms with Crippen LogP contribution in [0.1, 0.15) is 45.1 Å². The van der Waals surface area contributed by atoms with E-state index in [1.165, 1.54) is 6.07 Å². The summed E-state index contributed by atoms with van der Waals surface area (Å²) in [6.07, 6.45) is -0.590.